The molecule has 0 atom stereocenters. The lowest BCUT2D eigenvalue weighted by Gasteiger charge is -2.14. The van der Waals surface area contributed by atoms with Crippen LogP contribution in [0.4, 0.5) is 5.69 Å². The minimum atomic E-state index is 0. The molecule has 142 valence electrons. The van der Waals surface area contributed by atoms with Crippen molar-refractivity contribution in [2.24, 2.45) is 4.99 Å². The normalized spacial score (nSPS) is 10.7. The summed E-state index contributed by atoms with van der Waals surface area (Å²) in [7, 11) is 5.76. The van der Waals surface area contributed by atoms with Crippen LogP contribution in [0.25, 0.3) is 0 Å². The minimum absolute atomic E-state index is 0. The quantitative estimate of drug-likeness (QED) is 0.370. The van der Waals surface area contributed by atoms with Gasteiger partial charge in [0.2, 0.25) is 0 Å². The summed E-state index contributed by atoms with van der Waals surface area (Å²) >= 11 is 0. The lowest BCUT2D eigenvalue weighted by molar-refractivity contribution is 0.414. The van der Waals surface area contributed by atoms with Crippen molar-refractivity contribution in [2.75, 3.05) is 32.6 Å². The molecule has 0 aliphatic heterocycles. The van der Waals surface area contributed by atoms with Crippen molar-refractivity contribution in [1.29, 1.82) is 0 Å². The highest BCUT2D eigenvalue weighted by atomic mass is 127. The standard InChI is InChI=1S/C20H28N4O.HI/c1-5-21-20(22-14-16-9-11-19(25-4)12-10-16)23-15-17-7-6-8-18(13-17)24(2)3;/h6-13H,5,14-15H2,1-4H3,(H2,21,22,23);1H. The van der Waals surface area contributed by atoms with Gasteiger partial charge in [-0.05, 0) is 42.3 Å². The molecule has 2 rings (SSSR count). The molecule has 6 heteroatoms. The molecular weight excluding hydrogens is 439 g/mol. The van der Waals surface area contributed by atoms with Gasteiger partial charge in [0.25, 0.3) is 0 Å². The first-order valence-electron chi connectivity index (χ1n) is 8.53. The van der Waals surface area contributed by atoms with Crippen molar-refractivity contribution < 1.29 is 4.74 Å². The highest BCUT2D eigenvalue weighted by Crippen LogP contribution is 2.14. The van der Waals surface area contributed by atoms with Crippen LogP contribution in [0.3, 0.4) is 0 Å². The third kappa shape index (κ3) is 7.11. The summed E-state index contributed by atoms with van der Waals surface area (Å²) in [5, 5.41) is 6.66. The van der Waals surface area contributed by atoms with E-state index in [1.165, 1.54) is 16.8 Å². The molecule has 0 heterocycles. The van der Waals surface area contributed by atoms with Crippen LogP contribution in [0.1, 0.15) is 18.1 Å². The highest BCUT2D eigenvalue weighted by Gasteiger charge is 2.01. The lowest BCUT2D eigenvalue weighted by Crippen LogP contribution is -2.36. The third-order valence-electron chi connectivity index (χ3n) is 3.81. The van der Waals surface area contributed by atoms with Crippen molar-refractivity contribution in [3.05, 3.63) is 59.7 Å². The number of nitrogens with zero attached hydrogens (tertiary/aromatic N) is 2. The van der Waals surface area contributed by atoms with Gasteiger partial charge < -0.3 is 20.3 Å². The fraction of sp³-hybridized carbons (Fsp3) is 0.350. The van der Waals surface area contributed by atoms with Crippen molar-refractivity contribution in [3.8, 4) is 5.75 Å². The van der Waals surface area contributed by atoms with E-state index in [9.17, 15) is 0 Å². The monoisotopic (exact) mass is 468 g/mol. The first-order valence-corrected chi connectivity index (χ1v) is 8.53. The number of benzene rings is 2. The Morgan fingerprint density at radius 2 is 1.77 bits per heavy atom. The van der Waals surface area contributed by atoms with E-state index >= 15 is 0 Å². The Morgan fingerprint density at radius 1 is 1.04 bits per heavy atom. The largest absolute Gasteiger partial charge is 0.497 e. The van der Waals surface area contributed by atoms with Crippen molar-refractivity contribution in [1.82, 2.24) is 10.6 Å². The van der Waals surface area contributed by atoms with E-state index in [4.69, 9.17) is 4.74 Å². The number of guanidine groups is 1. The number of aliphatic imine (C=N–C) groups is 1. The highest BCUT2D eigenvalue weighted by molar-refractivity contribution is 14.0. The van der Waals surface area contributed by atoms with Crippen LogP contribution in [0.2, 0.25) is 0 Å². The molecule has 0 unspecified atom stereocenters. The van der Waals surface area contributed by atoms with Gasteiger partial charge >= 0.3 is 0 Å². The van der Waals surface area contributed by atoms with Crippen LogP contribution in [-0.4, -0.2) is 33.7 Å². The van der Waals surface area contributed by atoms with E-state index in [1.807, 2.05) is 26.2 Å². The molecule has 2 aromatic rings. The van der Waals surface area contributed by atoms with Gasteiger partial charge in [0.1, 0.15) is 5.75 Å². The van der Waals surface area contributed by atoms with E-state index in [0.29, 0.717) is 13.1 Å². The van der Waals surface area contributed by atoms with E-state index in [-0.39, 0.29) is 24.0 Å². The molecule has 0 fully saturated rings. The van der Waals surface area contributed by atoms with Crippen molar-refractivity contribution in [3.63, 3.8) is 0 Å². The Morgan fingerprint density at radius 3 is 2.38 bits per heavy atom. The zero-order valence-electron chi connectivity index (χ0n) is 16.0. The SMILES string of the molecule is CCNC(=NCc1cccc(N(C)C)c1)NCc1ccc(OC)cc1.I. The topological polar surface area (TPSA) is 48.9 Å². The van der Waals surface area contributed by atoms with E-state index < -0.39 is 0 Å². The van der Waals surface area contributed by atoms with Crippen molar-refractivity contribution >= 4 is 35.6 Å². The van der Waals surface area contributed by atoms with Crippen LogP contribution in [0.15, 0.2) is 53.5 Å². The number of hydrogen-bond donors (Lipinski definition) is 2. The summed E-state index contributed by atoms with van der Waals surface area (Å²) in [5.74, 6) is 1.68. The second-order valence-electron chi connectivity index (χ2n) is 5.96. The van der Waals surface area contributed by atoms with Gasteiger partial charge in [-0.3, -0.25) is 0 Å². The fourth-order valence-corrected chi connectivity index (χ4v) is 2.37. The maximum absolute atomic E-state index is 5.19. The van der Waals surface area contributed by atoms with Crippen LogP contribution in [0.5, 0.6) is 5.75 Å². The molecule has 0 saturated carbocycles. The Kier molecular flexibility index (Phi) is 9.87. The van der Waals surface area contributed by atoms with Gasteiger partial charge in [-0.25, -0.2) is 4.99 Å². The number of methoxy groups -OCH3 is 1. The summed E-state index contributed by atoms with van der Waals surface area (Å²) in [6.07, 6.45) is 0. The van der Waals surface area contributed by atoms with Gasteiger partial charge in [-0.2, -0.15) is 0 Å². The van der Waals surface area contributed by atoms with Crippen LogP contribution >= 0.6 is 24.0 Å². The summed E-state index contributed by atoms with van der Waals surface area (Å²) in [5.41, 5.74) is 3.55. The maximum Gasteiger partial charge on any atom is 0.191 e. The molecule has 0 aliphatic rings. The number of nitrogens with one attached hydrogen (secondary N) is 2. The summed E-state index contributed by atoms with van der Waals surface area (Å²) < 4.78 is 5.19. The molecule has 0 saturated heterocycles. The van der Waals surface area contributed by atoms with Gasteiger partial charge in [0.05, 0.1) is 13.7 Å². The molecule has 5 nitrogen and oxygen atoms in total. The zero-order chi connectivity index (χ0) is 18.1. The van der Waals surface area contributed by atoms with Gasteiger partial charge in [-0.15, -0.1) is 24.0 Å². The van der Waals surface area contributed by atoms with Crippen LogP contribution in [0, 0.1) is 0 Å². The number of ether oxygens (including phenoxy) is 1. The van der Waals surface area contributed by atoms with Crippen molar-refractivity contribution in [2.45, 2.75) is 20.0 Å². The summed E-state index contributed by atoms with van der Waals surface area (Å²) in [6, 6.07) is 16.5. The Hall–Kier alpha value is -1.96. The molecule has 2 aromatic carbocycles. The number of halogens is 1. The van der Waals surface area contributed by atoms with Gasteiger partial charge in [0, 0.05) is 32.9 Å². The molecular formula is C20H29IN4O. The Bertz CT molecular complexity index is 686. The molecule has 0 radical (unpaired) electrons. The number of anilines is 1. The molecule has 26 heavy (non-hydrogen) atoms. The maximum atomic E-state index is 5.19. The third-order valence-corrected chi connectivity index (χ3v) is 3.81. The Labute approximate surface area is 173 Å². The predicted octanol–water partition coefficient (Wildman–Crippen LogP) is 3.63. The van der Waals surface area contributed by atoms with E-state index in [1.54, 1.807) is 7.11 Å². The summed E-state index contributed by atoms with van der Waals surface area (Å²) in [4.78, 5) is 6.78. The van der Waals surface area contributed by atoms with Crippen LogP contribution < -0.4 is 20.3 Å². The molecule has 0 spiro atoms. The van der Waals surface area contributed by atoms with Gasteiger partial charge in [-0.1, -0.05) is 24.3 Å². The first kappa shape index (κ1) is 22.1. The van der Waals surface area contributed by atoms with Gasteiger partial charge in [0.15, 0.2) is 5.96 Å². The fourth-order valence-electron chi connectivity index (χ4n) is 2.37. The molecule has 0 aliphatic carbocycles. The molecule has 0 amide bonds. The smallest absolute Gasteiger partial charge is 0.191 e. The number of rotatable bonds is 7. The molecule has 0 aromatic heterocycles. The average Bonchev–Trinajstić information content (AvgIpc) is 2.64. The Balaban J connectivity index is 0.00000338. The lowest BCUT2D eigenvalue weighted by atomic mass is 10.2. The summed E-state index contributed by atoms with van der Waals surface area (Å²) in [6.45, 7) is 4.25. The second-order valence-corrected chi connectivity index (χ2v) is 5.96. The van der Waals surface area contributed by atoms with E-state index in [2.05, 4.69) is 63.8 Å². The number of hydrogen-bond acceptors (Lipinski definition) is 3. The predicted molar refractivity (Wildman–Crippen MR) is 121 cm³/mol. The first-order chi connectivity index (χ1) is 12.1. The average molecular weight is 468 g/mol. The van der Waals surface area contributed by atoms with E-state index in [0.717, 1.165) is 18.3 Å². The molecule has 0 bridgehead atoms. The molecule has 2 N–H and O–H groups in total. The second kappa shape index (κ2) is 11.6. The zero-order valence-corrected chi connectivity index (χ0v) is 18.3. The minimum Gasteiger partial charge on any atom is -0.497 e. The van der Waals surface area contributed by atoms with Crippen LogP contribution in [-0.2, 0) is 13.1 Å².